The molecule has 0 spiro atoms. The number of hydrogen-bond donors (Lipinski definition) is 6. The van der Waals surface area contributed by atoms with E-state index in [2.05, 4.69) is 36.1 Å². The molecule has 77 heavy (non-hydrogen) atoms. The number of nitrogens with zero attached hydrogens (tertiary/aromatic N) is 9. The number of carboxylic acids is 1. The van der Waals surface area contributed by atoms with Crippen LogP contribution >= 0.6 is 23.2 Å². The van der Waals surface area contributed by atoms with Gasteiger partial charge in [0.15, 0.2) is 11.4 Å². The van der Waals surface area contributed by atoms with E-state index in [1.807, 2.05) is 20.8 Å². The van der Waals surface area contributed by atoms with Gasteiger partial charge < -0.3 is 56.7 Å². The highest BCUT2D eigenvalue weighted by molar-refractivity contribution is 6.29. The molecular weight excluding hydrogens is 1040 g/mol. The molecule has 6 aromatic rings. The minimum absolute atomic E-state index is 0.0458. The Kier molecular flexibility index (Phi) is 18.7. The number of rotatable bonds is 10. The average molecular weight is 1100 g/mol. The number of carboxylic acid groups (broad SMARTS) is 1. The predicted octanol–water partition coefficient (Wildman–Crippen LogP) is 4.37. The normalized spacial score (nSPS) is 15.5. The van der Waals surface area contributed by atoms with Crippen LogP contribution in [0.15, 0.2) is 84.9 Å². The lowest BCUT2D eigenvalue weighted by Crippen LogP contribution is -2.61. The third kappa shape index (κ3) is 16.0. The second-order valence-corrected chi connectivity index (χ2v) is 20.1. The Morgan fingerprint density at radius 1 is 0.636 bits per heavy atom. The zero-order chi connectivity index (χ0) is 56.4. The Bertz CT molecular complexity index is 3190. The Balaban J connectivity index is 0.000000208. The first-order valence-electron chi connectivity index (χ1n) is 23.8. The number of anilines is 2. The smallest absolute Gasteiger partial charge is 0.410 e. The molecule has 8 rings (SSSR count). The van der Waals surface area contributed by atoms with Gasteiger partial charge in [-0.1, -0.05) is 71.7 Å². The fourth-order valence-corrected chi connectivity index (χ4v) is 8.13. The molecule has 25 nitrogen and oxygen atoms in total. The Morgan fingerprint density at radius 3 is 1.57 bits per heavy atom. The molecule has 2 aromatic carbocycles. The number of nitrogens with two attached hydrogens (primary N) is 2. The van der Waals surface area contributed by atoms with E-state index in [-0.39, 0.29) is 67.5 Å². The van der Waals surface area contributed by atoms with Crippen LogP contribution in [0.4, 0.5) is 21.2 Å². The molecule has 0 aliphatic carbocycles. The lowest BCUT2D eigenvalue weighted by atomic mass is 10.1. The van der Waals surface area contributed by atoms with Crippen molar-refractivity contribution in [2.24, 2.45) is 11.5 Å². The van der Waals surface area contributed by atoms with E-state index in [1.165, 1.54) is 24.1 Å². The van der Waals surface area contributed by atoms with Crippen LogP contribution in [0.5, 0.6) is 0 Å². The Morgan fingerprint density at radius 2 is 1.10 bits per heavy atom. The molecule has 408 valence electrons. The summed E-state index contributed by atoms with van der Waals surface area (Å²) in [5.41, 5.74) is 10.6. The second kappa shape index (κ2) is 24.9. The lowest BCUT2D eigenvalue weighted by Gasteiger charge is -2.40. The van der Waals surface area contributed by atoms with Gasteiger partial charge in [-0.2, -0.15) is 10.2 Å². The summed E-state index contributed by atoms with van der Waals surface area (Å²) in [5.74, 6) is -3.09. The predicted molar refractivity (Wildman–Crippen MR) is 283 cm³/mol. The van der Waals surface area contributed by atoms with Gasteiger partial charge in [0, 0.05) is 43.5 Å². The first kappa shape index (κ1) is 57.9. The topological polar surface area (TPSA) is 335 Å². The summed E-state index contributed by atoms with van der Waals surface area (Å²) in [7, 11) is 0. The van der Waals surface area contributed by atoms with E-state index in [9.17, 15) is 38.4 Å². The highest BCUT2D eigenvalue weighted by Gasteiger charge is 2.39. The van der Waals surface area contributed by atoms with Crippen molar-refractivity contribution in [3.8, 4) is 0 Å². The first-order valence-corrected chi connectivity index (χ1v) is 24.6. The van der Waals surface area contributed by atoms with Crippen molar-refractivity contribution in [1.29, 1.82) is 0 Å². The molecule has 0 bridgehead atoms. The number of hydrogen-bond acceptors (Lipinski definition) is 15. The zero-order valence-corrected chi connectivity index (χ0v) is 44.4. The monoisotopic (exact) mass is 1100 g/mol. The summed E-state index contributed by atoms with van der Waals surface area (Å²) >= 11 is 11.7. The van der Waals surface area contributed by atoms with E-state index in [0.29, 0.717) is 45.9 Å². The number of primary amides is 2. The maximum absolute atomic E-state index is 13.5. The van der Waals surface area contributed by atoms with Gasteiger partial charge in [-0.15, -0.1) is 0 Å². The fraction of sp³-hybridized carbons (Fsp3) is 0.360. The van der Waals surface area contributed by atoms with E-state index in [4.69, 9.17) is 49.2 Å². The van der Waals surface area contributed by atoms with Crippen molar-refractivity contribution in [3.63, 3.8) is 0 Å². The molecule has 2 aliphatic heterocycles. The quantitative estimate of drug-likeness (QED) is 0.104. The van der Waals surface area contributed by atoms with Crippen LogP contribution in [0.2, 0.25) is 10.3 Å². The largest absolute Gasteiger partial charge is 0.480 e. The van der Waals surface area contributed by atoms with E-state index >= 15 is 0 Å². The van der Waals surface area contributed by atoms with Crippen LogP contribution in [0, 0.1) is 0 Å². The number of para-hydroxylation sites is 2. The van der Waals surface area contributed by atoms with Gasteiger partial charge in [-0.3, -0.25) is 38.1 Å². The number of benzene rings is 2. The van der Waals surface area contributed by atoms with E-state index < -0.39 is 65.1 Å². The summed E-state index contributed by atoms with van der Waals surface area (Å²) in [6.07, 6.45) is -1.01. The summed E-state index contributed by atoms with van der Waals surface area (Å²) in [4.78, 5) is 110. The molecular formula is C50H58Cl2N14O11. The number of ether oxygens (including phenoxy) is 2. The first-order chi connectivity index (χ1) is 36.3. The van der Waals surface area contributed by atoms with E-state index in [0.717, 1.165) is 0 Å². The molecule has 8 N–H and O–H groups in total. The molecule has 0 radical (unpaired) electrons. The molecule has 0 unspecified atom stereocenters. The van der Waals surface area contributed by atoms with Gasteiger partial charge in [-0.25, -0.2) is 19.6 Å². The minimum Gasteiger partial charge on any atom is -0.480 e. The highest BCUT2D eigenvalue weighted by Crippen LogP contribution is 2.22. The fourth-order valence-electron chi connectivity index (χ4n) is 7.80. The maximum atomic E-state index is 13.5. The van der Waals surface area contributed by atoms with E-state index in [1.54, 1.807) is 106 Å². The minimum atomic E-state index is -1.05. The number of carbonyl (C=O) groups excluding carboxylic acids is 7. The number of halogens is 2. The third-order valence-electron chi connectivity index (χ3n) is 11.1. The second-order valence-electron chi connectivity index (χ2n) is 19.3. The van der Waals surface area contributed by atoms with Crippen molar-refractivity contribution >= 4 is 104 Å². The Hall–Kier alpha value is -8.42. The number of piperazine rings is 2. The van der Waals surface area contributed by atoms with Crippen molar-refractivity contribution in [2.75, 3.05) is 49.9 Å². The molecule has 0 saturated carbocycles. The molecule has 2 atom stereocenters. The van der Waals surface area contributed by atoms with Crippen molar-refractivity contribution in [3.05, 3.63) is 107 Å². The van der Waals surface area contributed by atoms with Gasteiger partial charge in [0.1, 0.15) is 58.3 Å². The van der Waals surface area contributed by atoms with Crippen LogP contribution in [0.3, 0.4) is 0 Å². The molecule has 6 heterocycles. The van der Waals surface area contributed by atoms with Gasteiger partial charge >= 0.3 is 18.2 Å². The summed E-state index contributed by atoms with van der Waals surface area (Å²) in [6, 6.07) is 21.9. The molecule has 2 saturated heterocycles. The van der Waals surface area contributed by atoms with Crippen LogP contribution < -0.4 is 27.4 Å². The molecule has 2 aliphatic rings. The maximum Gasteiger partial charge on any atom is 0.410 e. The van der Waals surface area contributed by atoms with Crippen molar-refractivity contribution < 1.29 is 52.9 Å². The van der Waals surface area contributed by atoms with Gasteiger partial charge in [0.2, 0.25) is 17.7 Å². The number of fused-ring (bicyclic) bond motifs is 2. The van der Waals surface area contributed by atoms with Crippen molar-refractivity contribution in [1.82, 2.24) is 49.5 Å². The third-order valence-corrected chi connectivity index (χ3v) is 11.5. The van der Waals surface area contributed by atoms with Gasteiger partial charge in [-0.05, 0) is 77.9 Å². The molecule has 2 fully saturated rings. The van der Waals surface area contributed by atoms with Gasteiger partial charge in [0.25, 0.3) is 11.8 Å². The number of pyridine rings is 2. The van der Waals surface area contributed by atoms with Crippen LogP contribution in [0.1, 0.15) is 62.5 Å². The number of aliphatic carboxylic acids is 1. The summed E-state index contributed by atoms with van der Waals surface area (Å²) in [5, 5.41) is 26.8. The van der Waals surface area contributed by atoms with Gasteiger partial charge in [0.05, 0.1) is 17.6 Å². The zero-order valence-electron chi connectivity index (χ0n) is 42.9. The van der Waals surface area contributed by atoms with Crippen molar-refractivity contribution in [2.45, 2.75) is 77.9 Å². The summed E-state index contributed by atoms with van der Waals surface area (Å²) < 4.78 is 13.4. The molecule has 4 aromatic heterocycles. The molecule has 7 amide bonds. The molecule has 27 heteroatoms. The highest BCUT2D eigenvalue weighted by atomic mass is 35.5. The number of amides is 7. The number of carbonyl (C=O) groups is 8. The summed E-state index contributed by atoms with van der Waals surface area (Å²) in [6.45, 7) is 11.5. The van der Waals surface area contributed by atoms with Crippen LogP contribution in [-0.4, -0.2) is 160 Å². The average Bonchev–Trinajstić information content (AvgIpc) is 3.93. The Labute approximate surface area is 451 Å². The SMILES string of the molecule is CC(C)(C)OC(=O)N1CCN(C(=O)Cn2nc(C(N)=O)c3ccccc32)[C@H](C(=O)Nc2cccc(Cl)n2)C1.CC(C)(C)OC(=O)N1CCN[C@H](C(=O)Nc2cccc(Cl)n2)C1.NC(=O)c1nn(CC(=O)O)c2ccccc12. The number of nitrogens with one attached hydrogen (secondary N) is 3. The lowest BCUT2D eigenvalue weighted by molar-refractivity contribution is -0.142. The van der Waals surface area contributed by atoms with Crippen LogP contribution in [0.25, 0.3) is 21.8 Å². The van der Waals surface area contributed by atoms with Crippen LogP contribution in [-0.2, 0) is 41.7 Å². The number of aromatic nitrogens is 6. The standard InChI is InChI=1S/C25H28ClN7O5.C15H21ClN4O3.C10H9N3O3/c1-25(2,3)38-24(37)31-11-12-32(17(13-31)23(36)29-19-10-6-9-18(26)28-19)20(34)14-33-16-8-5-4-7-15(16)21(30-33)22(27)35;1-15(2,3)23-14(22)20-8-7-17-10(9-20)13(21)19-12-6-4-5-11(16)18-12;11-10(16)9-6-3-1-2-4-7(6)13(12-9)5-8(14)15/h4-10,17H,11-14H2,1-3H3,(H2,27,35)(H,28,29,36);4-6,10,17H,7-9H2,1-3H3,(H,18,19,21);1-4H,5H2,(H2,11,16)(H,14,15)/t17-;10-;/m00./s1.